The van der Waals surface area contributed by atoms with E-state index in [2.05, 4.69) is 51.5 Å². The van der Waals surface area contributed by atoms with E-state index in [1.165, 1.54) is 5.56 Å². The Morgan fingerprint density at radius 1 is 1.29 bits per heavy atom. The Bertz CT molecular complexity index is 839. The van der Waals surface area contributed by atoms with Crippen molar-refractivity contribution in [1.82, 2.24) is 15.0 Å². The maximum absolute atomic E-state index is 11.8. The zero-order valence-electron chi connectivity index (χ0n) is 11.6. The minimum absolute atomic E-state index is 0.0698. The van der Waals surface area contributed by atoms with Gasteiger partial charge in [-0.25, -0.2) is 4.98 Å². The number of nitrogen functional groups attached to an aromatic ring is 1. The zero-order chi connectivity index (χ0) is 14.8. The predicted molar refractivity (Wildman–Crippen MR) is 83.1 cm³/mol. The van der Waals surface area contributed by atoms with Gasteiger partial charge in [-0.3, -0.25) is 9.78 Å². The van der Waals surface area contributed by atoms with Crippen LogP contribution in [-0.4, -0.2) is 15.0 Å². The molecule has 3 rings (SSSR count). The van der Waals surface area contributed by atoms with E-state index in [-0.39, 0.29) is 11.5 Å². The van der Waals surface area contributed by atoms with Gasteiger partial charge >= 0.3 is 0 Å². The summed E-state index contributed by atoms with van der Waals surface area (Å²) in [7, 11) is 0. The minimum Gasteiger partial charge on any atom is -0.380 e. The molecule has 0 bridgehead atoms. The topological polar surface area (TPSA) is 96.7 Å². The average molecular weight is 281 g/mol. The van der Waals surface area contributed by atoms with Crippen molar-refractivity contribution < 1.29 is 0 Å². The average Bonchev–Trinajstić information content (AvgIpc) is 2.47. The number of H-pyrrole nitrogens is 1. The summed E-state index contributed by atoms with van der Waals surface area (Å²) in [5, 5.41) is 3.65. The molecule has 0 unspecified atom stereocenters. The minimum atomic E-state index is -0.288. The van der Waals surface area contributed by atoms with Gasteiger partial charge in [-0.05, 0) is 18.6 Å². The lowest BCUT2D eigenvalue weighted by Crippen LogP contribution is -2.12. The van der Waals surface area contributed by atoms with E-state index in [1.54, 1.807) is 12.3 Å². The van der Waals surface area contributed by atoms with Crippen LogP contribution in [0.25, 0.3) is 11.0 Å². The van der Waals surface area contributed by atoms with Crippen LogP contribution in [0.3, 0.4) is 0 Å². The number of nitrogens with one attached hydrogen (secondary N) is 2. The van der Waals surface area contributed by atoms with E-state index in [9.17, 15) is 4.79 Å². The maximum atomic E-state index is 11.8. The van der Waals surface area contributed by atoms with E-state index >= 15 is 0 Å². The number of aryl methyl sites for hydroxylation is 1. The highest BCUT2D eigenvalue weighted by atomic mass is 16.1. The first-order valence-electron chi connectivity index (χ1n) is 6.57. The number of pyridine rings is 1. The van der Waals surface area contributed by atoms with Crippen LogP contribution >= 0.6 is 0 Å². The second-order valence-corrected chi connectivity index (χ2v) is 4.89. The van der Waals surface area contributed by atoms with Gasteiger partial charge in [0.05, 0.1) is 17.3 Å². The van der Waals surface area contributed by atoms with Crippen LogP contribution in [0.4, 0.5) is 11.6 Å². The summed E-state index contributed by atoms with van der Waals surface area (Å²) in [6, 6.07) is 9.97. The molecule has 6 nitrogen and oxygen atoms in total. The molecule has 0 spiro atoms. The van der Waals surface area contributed by atoms with E-state index in [1.807, 2.05) is 0 Å². The van der Waals surface area contributed by atoms with Crippen molar-refractivity contribution in [2.24, 2.45) is 0 Å². The van der Waals surface area contributed by atoms with Crippen LogP contribution in [0.1, 0.15) is 11.1 Å². The largest absolute Gasteiger partial charge is 0.380 e. The van der Waals surface area contributed by atoms with Gasteiger partial charge in [0.25, 0.3) is 5.56 Å². The Kier molecular flexibility index (Phi) is 3.27. The number of anilines is 2. The molecule has 21 heavy (non-hydrogen) atoms. The summed E-state index contributed by atoms with van der Waals surface area (Å²) in [4.78, 5) is 22.4. The summed E-state index contributed by atoms with van der Waals surface area (Å²) in [5.74, 6) is 0.0698. The summed E-state index contributed by atoms with van der Waals surface area (Å²) in [5.41, 5.74) is 8.69. The van der Waals surface area contributed by atoms with Crippen molar-refractivity contribution in [3.8, 4) is 0 Å². The van der Waals surface area contributed by atoms with Gasteiger partial charge in [-0.15, -0.1) is 0 Å². The molecule has 0 amide bonds. The third-order valence-corrected chi connectivity index (χ3v) is 3.20. The zero-order valence-corrected chi connectivity index (χ0v) is 11.6. The highest BCUT2D eigenvalue weighted by molar-refractivity contribution is 5.77. The number of benzene rings is 1. The molecule has 0 aliphatic carbocycles. The molecule has 0 fully saturated rings. The van der Waals surface area contributed by atoms with E-state index < -0.39 is 0 Å². The highest BCUT2D eigenvalue weighted by Crippen LogP contribution is 2.13. The van der Waals surface area contributed by atoms with Gasteiger partial charge in [-0.2, -0.15) is 4.98 Å². The molecule has 3 aromatic rings. The lowest BCUT2D eigenvalue weighted by molar-refractivity contribution is 1.12. The van der Waals surface area contributed by atoms with Crippen LogP contribution in [0, 0.1) is 6.92 Å². The maximum Gasteiger partial charge on any atom is 0.261 e. The normalized spacial score (nSPS) is 10.7. The quantitative estimate of drug-likeness (QED) is 0.680. The molecule has 0 atom stereocenters. The molecule has 0 aliphatic heterocycles. The second-order valence-electron chi connectivity index (χ2n) is 4.89. The van der Waals surface area contributed by atoms with Crippen LogP contribution in [0.15, 0.2) is 41.3 Å². The number of fused-ring (bicyclic) bond motifs is 1. The summed E-state index contributed by atoms with van der Waals surface area (Å²) in [6.45, 7) is 2.71. The van der Waals surface area contributed by atoms with Crippen LogP contribution < -0.4 is 16.6 Å². The number of hydrogen-bond acceptors (Lipinski definition) is 5. The van der Waals surface area contributed by atoms with Crippen LogP contribution in [-0.2, 0) is 6.54 Å². The van der Waals surface area contributed by atoms with Crippen molar-refractivity contribution in [3.63, 3.8) is 0 Å². The van der Waals surface area contributed by atoms with Gasteiger partial charge in [-0.1, -0.05) is 29.8 Å². The lowest BCUT2D eigenvalue weighted by atomic mass is 10.1. The molecule has 0 aliphatic rings. The van der Waals surface area contributed by atoms with Crippen LogP contribution in [0.2, 0.25) is 0 Å². The monoisotopic (exact) mass is 281 g/mol. The molecule has 2 heterocycles. The second kappa shape index (κ2) is 5.24. The third-order valence-electron chi connectivity index (χ3n) is 3.20. The van der Waals surface area contributed by atoms with Gasteiger partial charge in [0.1, 0.15) is 0 Å². The van der Waals surface area contributed by atoms with E-state index in [0.29, 0.717) is 17.6 Å². The summed E-state index contributed by atoms with van der Waals surface area (Å²) in [6.07, 6.45) is 1.64. The number of nitrogens with two attached hydrogens (primary N) is 1. The molecule has 106 valence electrons. The van der Waals surface area contributed by atoms with Crippen molar-refractivity contribution in [1.29, 1.82) is 0 Å². The Hall–Kier alpha value is -2.89. The first-order chi connectivity index (χ1) is 10.1. The summed E-state index contributed by atoms with van der Waals surface area (Å²) < 4.78 is 0. The van der Waals surface area contributed by atoms with Gasteiger partial charge in [0.15, 0.2) is 5.65 Å². The van der Waals surface area contributed by atoms with E-state index in [4.69, 9.17) is 5.73 Å². The van der Waals surface area contributed by atoms with Gasteiger partial charge in [0, 0.05) is 6.54 Å². The lowest BCUT2D eigenvalue weighted by Gasteiger charge is -2.07. The smallest absolute Gasteiger partial charge is 0.261 e. The third kappa shape index (κ3) is 2.84. The molecule has 0 radical (unpaired) electrons. The summed E-state index contributed by atoms with van der Waals surface area (Å²) >= 11 is 0. The fraction of sp³-hybridized carbons (Fsp3) is 0.133. The Morgan fingerprint density at radius 3 is 2.81 bits per heavy atom. The molecule has 6 heteroatoms. The fourth-order valence-corrected chi connectivity index (χ4v) is 2.05. The molecule has 2 aromatic heterocycles. The van der Waals surface area contributed by atoms with Crippen molar-refractivity contribution in [3.05, 3.63) is 58.0 Å². The highest BCUT2D eigenvalue weighted by Gasteiger charge is 2.04. The molecule has 0 saturated heterocycles. The molecular weight excluding hydrogens is 266 g/mol. The van der Waals surface area contributed by atoms with Gasteiger partial charge in [0.2, 0.25) is 5.95 Å². The fourth-order valence-electron chi connectivity index (χ4n) is 2.05. The first kappa shape index (κ1) is 13.1. The van der Waals surface area contributed by atoms with E-state index in [0.717, 1.165) is 11.3 Å². The molecule has 0 saturated carbocycles. The van der Waals surface area contributed by atoms with Crippen molar-refractivity contribution >= 4 is 22.7 Å². The number of nitrogens with zero attached hydrogens (tertiary/aromatic N) is 2. The van der Waals surface area contributed by atoms with Crippen LogP contribution in [0.5, 0.6) is 0 Å². The predicted octanol–water partition coefficient (Wildman–Crippen LogP) is 1.82. The van der Waals surface area contributed by atoms with Gasteiger partial charge < -0.3 is 11.1 Å². The van der Waals surface area contributed by atoms with Crippen molar-refractivity contribution in [2.75, 3.05) is 11.1 Å². The number of rotatable bonds is 3. The Morgan fingerprint density at radius 2 is 2.05 bits per heavy atom. The number of aromatic amines is 1. The molecular formula is C15H15N5O. The first-order valence-corrected chi connectivity index (χ1v) is 6.57. The van der Waals surface area contributed by atoms with Crippen molar-refractivity contribution in [2.45, 2.75) is 13.5 Å². The number of aromatic nitrogens is 3. The molecule has 4 N–H and O–H groups in total. The number of hydrogen-bond donors (Lipinski definition) is 3. The SMILES string of the molecule is Cc1ccc(CNc2cnc3nc(N)[nH]c(=O)c3c2)cc1. The Labute approximate surface area is 121 Å². The standard InChI is InChI=1S/C15H15N5O/c1-9-2-4-10(5-3-9)7-17-11-6-12-13(18-8-11)19-15(16)20-14(12)21/h2-6,8,17H,7H2,1H3,(H3,16,18,19,20,21). The Balaban J connectivity index is 1.84. The molecule has 1 aromatic carbocycles.